The Morgan fingerprint density at radius 1 is 0.968 bits per heavy atom. The third-order valence-corrected chi connectivity index (χ3v) is 6.86. The van der Waals surface area contributed by atoms with E-state index in [1.165, 1.54) is 16.3 Å². The van der Waals surface area contributed by atoms with Crippen LogP contribution in [0.5, 0.6) is 0 Å². The van der Waals surface area contributed by atoms with Crippen LogP contribution in [0.3, 0.4) is 0 Å². The number of likely N-dealkylation sites (tertiary alicyclic amines) is 1. The fraction of sp³-hybridized carbons (Fsp3) is 0.308. The molecule has 1 fully saturated rings. The minimum atomic E-state index is -0.484. The predicted octanol–water partition coefficient (Wildman–Crippen LogP) is 4.04. The summed E-state index contributed by atoms with van der Waals surface area (Å²) >= 11 is 0. The van der Waals surface area contributed by atoms with Crippen molar-refractivity contribution >= 4 is 36.0 Å². The van der Waals surface area contributed by atoms with Gasteiger partial charge in [0.25, 0.3) is 0 Å². The second-order valence-corrected chi connectivity index (χ2v) is 8.68. The zero-order valence-electron chi connectivity index (χ0n) is 17.4. The number of rotatable bonds is 4. The lowest BCUT2D eigenvalue weighted by atomic mass is 9.70. The van der Waals surface area contributed by atoms with Gasteiger partial charge in [0.15, 0.2) is 5.78 Å². The predicted molar refractivity (Wildman–Crippen MR) is 127 cm³/mol. The molecule has 1 aliphatic carbocycles. The van der Waals surface area contributed by atoms with Crippen LogP contribution in [-0.4, -0.2) is 34.8 Å². The first-order chi connectivity index (χ1) is 14.6. The van der Waals surface area contributed by atoms with Crippen LogP contribution in [0.25, 0.3) is 10.8 Å². The van der Waals surface area contributed by atoms with Crippen LogP contribution in [0.1, 0.15) is 39.9 Å². The van der Waals surface area contributed by atoms with Gasteiger partial charge in [-0.1, -0.05) is 48.5 Å². The van der Waals surface area contributed by atoms with Gasteiger partial charge in [0, 0.05) is 18.7 Å². The molecule has 1 atom stereocenters. The van der Waals surface area contributed by atoms with Crippen LogP contribution in [0, 0.1) is 5.41 Å². The second kappa shape index (κ2) is 8.48. The normalized spacial score (nSPS) is 20.0. The van der Waals surface area contributed by atoms with E-state index in [1.807, 2.05) is 29.2 Å². The van der Waals surface area contributed by atoms with Gasteiger partial charge in [-0.15, -0.1) is 0 Å². The zero-order chi connectivity index (χ0) is 20.7. The van der Waals surface area contributed by atoms with E-state index in [2.05, 4.69) is 30.3 Å². The minimum Gasteiger partial charge on any atom is -0.388 e. The van der Waals surface area contributed by atoms with Crippen molar-refractivity contribution in [3.05, 3.63) is 82.9 Å². The third-order valence-electron chi connectivity index (χ3n) is 6.86. The Morgan fingerprint density at radius 3 is 2.58 bits per heavy atom. The zero-order valence-corrected chi connectivity index (χ0v) is 18.4. The molecule has 31 heavy (non-hydrogen) atoms. The Labute approximate surface area is 189 Å². The van der Waals surface area contributed by atoms with E-state index in [0.29, 0.717) is 18.5 Å². The molecule has 1 aliphatic heterocycles. The number of benzene rings is 3. The number of carbonyl (C=O) groups is 2. The highest BCUT2D eigenvalue weighted by molar-refractivity contribution is 7.59. The van der Waals surface area contributed by atoms with E-state index in [1.54, 1.807) is 6.07 Å². The summed E-state index contributed by atoms with van der Waals surface area (Å²) in [6.45, 7) is 0.931. The molecule has 4 nitrogen and oxygen atoms in total. The van der Waals surface area contributed by atoms with Crippen LogP contribution in [0.4, 0.5) is 0 Å². The number of hydrogen-bond donors (Lipinski definition) is 1. The van der Waals surface area contributed by atoms with Gasteiger partial charge in [-0.05, 0) is 65.3 Å². The van der Waals surface area contributed by atoms with Gasteiger partial charge in [0.2, 0.25) is 5.91 Å². The Bertz CT molecular complexity index is 1160. The van der Waals surface area contributed by atoms with Gasteiger partial charge in [-0.3, -0.25) is 9.59 Å². The molecule has 1 saturated heterocycles. The third kappa shape index (κ3) is 3.88. The van der Waals surface area contributed by atoms with E-state index in [-0.39, 0.29) is 30.6 Å². The molecule has 0 unspecified atom stereocenters. The summed E-state index contributed by atoms with van der Waals surface area (Å²) in [6.07, 6.45) is 3.26. The summed E-state index contributed by atoms with van der Waals surface area (Å²) in [4.78, 5) is 27.4. The van der Waals surface area contributed by atoms with Crippen molar-refractivity contribution in [2.24, 2.45) is 5.41 Å². The highest BCUT2D eigenvalue weighted by Gasteiger charge is 2.48. The molecule has 0 aromatic heterocycles. The molecule has 5 heteroatoms. The van der Waals surface area contributed by atoms with E-state index in [4.69, 9.17) is 5.11 Å². The number of hydrogen-bond acceptors (Lipinski definition) is 3. The molecule has 0 radical (unpaired) electrons. The maximum Gasteiger partial charge on any atom is 0.229 e. The number of aryl methyl sites for hydroxylation is 1. The Morgan fingerprint density at radius 2 is 1.77 bits per heavy atom. The number of aliphatic hydroxyl groups excluding tert-OH is 1. The van der Waals surface area contributed by atoms with Gasteiger partial charge < -0.3 is 10.0 Å². The summed E-state index contributed by atoms with van der Waals surface area (Å²) in [5.74, 6) is -0.0340. The highest BCUT2D eigenvalue weighted by Crippen LogP contribution is 2.44. The summed E-state index contributed by atoms with van der Waals surface area (Å²) in [5.41, 5.74) is 3.64. The van der Waals surface area contributed by atoms with Crippen molar-refractivity contribution < 1.29 is 14.7 Å². The molecular formula is C26H27NO3S. The monoisotopic (exact) mass is 433 g/mol. The van der Waals surface area contributed by atoms with E-state index in [9.17, 15) is 9.59 Å². The standard InChI is InChI=1S/C26H25NO3.H2S/c28-17-24(29)22-8-7-20-9-10-26(15-23(20)14-22)11-12-27(25(26)30)16-18-5-6-19-3-1-2-4-21(19)13-18;/h1-8,13-14,28H,9-12,15-17H2;1H2/t26-;/m1./s1. The Hall–Kier alpha value is -2.63. The average molecular weight is 434 g/mol. The Balaban J connectivity index is 0.00000231. The van der Waals surface area contributed by atoms with Crippen molar-refractivity contribution in [3.63, 3.8) is 0 Å². The number of amides is 1. The van der Waals surface area contributed by atoms with Gasteiger partial charge in [0.05, 0.1) is 5.41 Å². The fourth-order valence-corrected chi connectivity index (χ4v) is 5.12. The second-order valence-electron chi connectivity index (χ2n) is 8.68. The van der Waals surface area contributed by atoms with E-state index in [0.717, 1.165) is 36.9 Å². The first kappa shape index (κ1) is 21.6. The molecule has 3 aromatic carbocycles. The van der Waals surface area contributed by atoms with E-state index >= 15 is 0 Å². The van der Waals surface area contributed by atoms with Crippen molar-refractivity contribution in [2.75, 3.05) is 13.2 Å². The van der Waals surface area contributed by atoms with Gasteiger partial charge in [-0.2, -0.15) is 13.5 Å². The SMILES string of the molecule is O=C(CO)c1ccc2c(c1)C[C@@]1(CC2)CCN(Cc2ccc3ccccc3c2)C1=O.S. The molecule has 160 valence electrons. The van der Waals surface area contributed by atoms with E-state index < -0.39 is 6.61 Å². The average Bonchev–Trinajstić information content (AvgIpc) is 3.07. The molecule has 3 aromatic rings. The first-order valence-corrected chi connectivity index (χ1v) is 10.6. The maximum atomic E-state index is 13.5. The minimum absolute atomic E-state index is 0. The summed E-state index contributed by atoms with van der Waals surface area (Å²) < 4.78 is 0. The molecule has 5 rings (SSSR count). The van der Waals surface area contributed by atoms with Crippen LogP contribution >= 0.6 is 13.5 Å². The largest absolute Gasteiger partial charge is 0.388 e. The van der Waals surface area contributed by atoms with Crippen LogP contribution in [-0.2, 0) is 24.2 Å². The van der Waals surface area contributed by atoms with Crippen molar-refractivity contribution in [3.8, 4) is 0 Å². The van der Waals surface area contributed by atoms with Gasteiger partial charge >= 0.3 is 0 Å². The quantitative estimate of drug-likeness (QED) is 0.632. The molecule has 0 bridgehead atoms. The molecule has 1 heterocycles. The summed E-state index contributed by atoms with van der Waals surface area (Å²) in [5, 5.41) is 11.6. The van der Waals surface area contributed by atoms with Crippen molar-refractivity contribution in [1.82, 2.24) is 4.90 Å². The van der Waals surface area contributed by atoms with Gasteiger partial charge in [0.1, 0.15) is 6.61 Å². The molecule has 2 aliphatic rings. The van der Waals surface area contributed by atoms with Crippen LogP contribution in [0.15, 0.2) is 60.7 Å². The van der Waals surface area contributed by atoms with Crippen LogP contribution in [0.2, 0.25) is 0 Å². The lowest BCUT2D eigenvalue weighted by Crippen LogP contribution is -2.38. The molecule has 0 saturated carbocycles. The van der Waals surface area contributed by atoms with Crippen molar-refractivity contribution in [2.45, 2.75) is 32.2 Å². The Kier molecular flexibility index (Phi) is 5.91. The number of ketones is 1. The van der Waals surface area contributed by atoms with Crippen molar-refractivity contribution in [1.29, 1.82) is 0 Å². The number of fused-ring (bicyclic) bond motifs is 2. The smallest absolute Gasteiger partial charge is 0.229 e. The lowest BCUT2D eigenvalue weighted by Gasteiger charge is -2.33. The van der Waals surface area contributed by atoms with Crippen LogP contribution < -0.4 is 0 Å². The summed E-state index contributed by atoms with van der Waals surface area (Å²) in [7, 11) is 0. The first-order valence-electron chi connectivity index (χ1n) is 10.6. The number of aliphatic hydroxyl groups is 1. The van der Waals surface area contributed by atoms with Gasteiger partial charge in [-0.25, -0.2) is 0 Å². The molecule has 1 amide bonds. The molecular weight excluding hydrogens is 406 g/mol. The molecule has 1 spiro atoms. The topological polar surface area (TPSA) is 57.6 Å². The molecule has 1 N–H and O–H groups in total. The number of Topliss-reactive ketones (excluding diaryl/α,β-unsaturated/α-hetero) is 1. The number of carbonyl (C=O) groups excluding carboxylic acids is 2. The lowest BCUT2D eigenvalue weighted by molar-refractivity contribution is -0.137. The maximum absolute atomic E-state index is 13.5. The summed E-state index contributed by atoms with van der Waals surface area (Å²) in [6, 6.07) is 20.4. The highest BCUT2D eigenvalue weighted by atomic mass is 32.1. The fourth-order valence-electron chi connectivity index (χ4n) is 5.12. The number of nitrogens with zero attached hydrogens (tertiary/aromatic N) is 1.